The van der Waals surface area contributed by atoms with Crippen LogP contribution in [0.25, 0.3) is 0 Å². The Bertz CT molecular complexity index is 377. The molecule has 2 unspecified atom stereocenters. The van der Waals surface area contributed by atoms with Gasteiger partial charge in [0.2, 0.25) is 0 Å². The predicted molar refractivity (Wildman–Crippen MR) is 73.7 cm³/mol. The van der Waals surface area contributed by atoms with Crippen molar-refractivity contribution < 1.29 is 4.74 Å². The molecule has 2 N–H and O–H groups in total. The summed E-state index contributed by atoms with van der Waals surface area (Å²) in [6.45, 7) is 7.99. The van der Waals surface area contributed by atoms with Crippen molar-refractivity contribution in [2.24, 2.45) is 5.73 Å². The summed E-state index contributed by atoms with van der Waals surface area (Å²) in [6, 6.07) is 4.58. The Morgan fingerprint density at radius 2 is 2.33 bits per heavy atom. The fourth-order valence-electron chi connectivity index (χ4n) is 2.34. The lowest BCUT2D eigenvalue weighted by Crippen LogP contribution is -2.48. The highest BCUT2D eigenvalue weighted by Crippen LogP contribution is 2.23. The number of nitrogens with zero attached hydrogens (tertiary/aromatic N) is 2. The van der Waals surface area contributed by atoms with Crippen LogP contribution in [0.15, 0.2) is 18.3 Å². The molecule has 0 bridgehead atoms. The number of anilines is 1. The van der Waals surface area contributed by atoms with Crippen molar-refractivity contribution in [3.05, 3.63) is 24.0 Å². The van der Waals surface area contributed by atoms with Crippen molar-refractivity contribution in [3.8, 4) is 0 Å². The van der Waals surface area contributed by atoms with E-state index in [1.165, 1.54) is 5.69 Å². The molecule has 1 saturated heterocycles. The van der Waals surface area contributed by atoms with E-state index in [4.69, 9.17) is 10.5 Å². The largest absolute Gasteiger partial charge is 0.375 e. The summed E-state index contributed by atoms with van der Waals surface area (Å²) in [5.74, 6) is 0. The molecular formula is C14H23N3O. The van der Waals surface area contributed by atoms with Gasteiger partial charge >= 0.3 is 0 Å². The van der Waals surface area contributed by atoms with Gasteiger partial charge in [-0.3, -0.25) is 4.98 Å². The molecule has 0 amide bonds. The van der Waals surface area contributed by atoms with E-state index in [9.17, 15) is 0 Å². The first-order valence-corrected chi connectivity index (χ1v) is 6.71. The fourth-order valence-corrected chi connectivity index (χ4v) is 2.34. The molecular weight excluding hydrogens is 226 g/mol. The standard InChI is InChI=1S/C14H23N3O/c1-4-12-9-18-10(2)8-17(12)13-5-6-14(11(3)15)16-7-13/h5-7,10-12H,4,8-9,15H2,1-3H3/t10?,11-,12?/m1/s1. The second-order valence-electron chi connectivity index (χ2n) is 5.09. The van der Waals surface area contributed by atoms with Crippen molar-refractivity contribution in [3.63, 3.8) is 0 Å². The van der Waals surface area contributed by atoms with Crippen LogP contribution < -0.4 is 10.6 Å². The molecule has 4 nitrogen and oxygen atoms in total. The summed E-state index contributed by atoms with van der Waals surface area (Å²) in [5, 5.41) is 0. The molecule has 0 spiro atoms. The average molecular weight is 249 g/mol. The van der Waals surface area contributed by atoms with Gasteiger partial charge in [0.1, 0.15) is 0 Å². The Morgan fingerprint density at radius 3 is 2.89 bits per heavy atom. The SMILES string of the molecule is CCC1COC(C)CN1c1ccc([C@@H](C)N)nc1. The Hall–Kier alpha value is -1.13. The minimum Gasteiger partial charge on any atom is -0.375 e. The monoisotopic (exact) mass is 249 g/mol. The lowest BCUT2D eigenvalue weighted by molar-refractivity contribution is 0.0299. The predicted octanol–water partition coefficient (Wildman–Crippen LogP) is 2.11. The lowest BCUT2D eigenvalue weighted by Gasteiger charge is -2.39. The number of hydrogen-bond acceptors (Lipinski definition) is 4. The van der Waals surface area contributed by atoms with E-state index in [2.05, 4.69) is 29.8 Å². The zero-order chi connectivity index (χ0) is 13.1. The van der Waals surface area contributed by atoms with Gasteiger partial charge in [0, 0.05) is 12.6 Å². The van der Waals surface area contributed by atoms with Gasteiger partial charge in [-0.2, -0.15) is 0 Å². The quantitative estimate of drug-likeness (QED) is 0.891. The summed E-state index contributed by atoms with van der Waals surface area (Å²) in [7, 11) is 0. The molecule has 2 rings (SSSR count). The van der Waals surface area contributed by atoms with E-state index in [1.807, 2.05) is 19.2 Å². The first-order chi connectivity index (χ1) is 8.61. The second kappa shape index (κ2) is 5.67. The number of aromatic nitrogens is 1. The van der Waals surface area contributed by atoms with Crippen LogP contribution in [0.4, 0.5) is 5.69 Å². The van der Waals surface area contributed by atoms with Gasteiger partial charge in [0.05, 0.1) is 36.3 Å². The van der Waals surface area contributed by atoms with Crippen molar-refractivity contribution in [1.29, 1.82) is 0 Å². The molecule has 1 aliphatic heterocycles. The first kappa shape index (κ1) is 13.3. The van der Waals surface area contributed by atoms with Crippen LogP contribution in [0.5, 0.6) is 0 Å². The summed E-state index contributed by atoms with van der Waals surface area (Å²) < 4.78 is 5.71. The van der Waals surface area contributed by atoms with Gasteiger partial charge in [-0.15, -0.1) is 0 Å². The molecule has 100 valence electrons. The summed E-state index contributed by atoms with van der Waals surface area (Å²) >= 11 is 0. The van der Waals surface area contributed by atoms with Crippen LogP contribution in [0.3, 0.4) is 0 Å². The third-order valence-corrected chi connectivity index (χ3v) is 3.51. The Balaban J connectivity index is 2.17. The first-order valence-electron chi connectivity index (χ1n) is 6.71. The Labute approximate surface area is 109 Å². The molecule has 1 aromatic rings. The van der Waals surface area contributed by atoms with Crippen LogP contribution in [0, 0.1) is 0 Å². The minimum atomic E-state index is -0.00960. The van der Waals surface area contributed by atoms with Crippen LogP contribution in [-0.2, 0) is 4.74 Å². The number of morpholine rings is 1. The zero-order valence-electron chi connectivity index (χ0n) is 11.5. The van der Waals surface area contributed by atoms with Crippen LogP contribution >= 0.6 is 0 Å². The molecule has 1 aliphatic rings. The van der Waals surface area contributed by atoms with E-state index < -0.39 is 0 Å². The maximum Gasteiger partial charge on any atom is 0.0723 e. The summed E-state index contributed by atoms with van der Waals surface area (Å²) in [5.41, 5.74) is 7.93. The lowest BCUT2D eigenvalue weighted by atomic mass is 10.1. The molecule has 1 aromatic heterocycles. The van der Waals surface area contributed by atoms with Crippen LogP contribution in [-0.4, -0.2) is 30.3 Å². The highest BCUT2D eigenvalue weighted by Gasteiger charge is 2.25. The smallest absolute Gasteiger partial charge is 0.0723 e. The van der Waals surface area contributed by atoms with Gasteiger partial charge in [-0.05, 0) is 32.4 Å². The van der Waals surface area contributed by atoms with Gasteiger partial charge in [-0.25, -0.2) is 0 Å². The molecule has 1 fully saturated rings. The van der Waals surface area contributed by atoms with Crippen LogP contribution in [0.2, 0.25) is 0 Å². The van der Waals surface area contributed by atoms with E-state index in [0.717, 1.165) is 25.3 Å². The third kappa shape index (κ3) is 2.82. The number of pyridine rings is 1. The Kier molecular flexibility index (Phi) is 4.19. The van der Waals surface area contributed by atoms with E-state index in [-0.39, 0.29) is 12.1 Å². The van der Waals surface area contributed by atoms with E-state index >= 15 is 0 Å². The molecule has 0 aromatic carbocycles. The minimum absolute atomic E-state index is 0.00960. The normalized spacial score (nSPS) is 26.1. The fraction of sp³-hybridized carbons (Fsp3) is 0.643. The molecule has 0 aliphatic carbocycles. The zero-order valence-corrected chi connectivity index (χ0v) is 11.5. The van der Waals surface area contributed by atoms with Crippen molar-refractivity contribution in [2.45, 2.75) is 45.4 Å². The summed E-state index contributed by atoms with van der Waals surface area (Å²) in [4.78, 5) is 6.83. The Morgan fingerprint density at radius 1 is 1.56 bits per heavy atom. The van der Waals surface area contributed by atoms with Gasteiger partial charge < -0.3 is 15.4 Å². The van der Waals surface area contributed by atoms with Crippen LogP contribution in [0.1, 0.15) is 38.9 Å². The van der Waals surface area contributed by atoms with Gasteiger partial charge in [0.15, 0.2) is 0 Å². The third-order valence-electron chi connectivity index (χ3n) is 3.51. The molecule has 0 radical (unpaired) electrons. The number of nitrogens with two attached hydrogens (primary N) is 1. The average Bonchev–Trinajstić information content (AvgIpc) is 2.39. The number of hydrogen-bond donors (Lipinski definition) is 1. The van der Waals surface area contributed by atoms with Gasteiger partial charge in [0.25, 0.3) is 0 Å². The van der Waals surface area contributed by atoms with E-state index in [0.29, 0.717) is 6.04 Å². The molecule has 0 saturated carbocycles. The number of rotatable bonds is 3. The van der Waals surface area contributed by atoms with Crippen molar-refractivity contribution in [2.75, 3.05) is 18.1 Å². The van der Waals surface area contributed by atoms with E-state index in [1.54, 1.807) is 0 Å². The van der Waals surface area contributed by atoms with Crippen molar-refractivity contribution in [1.82, 2.24) is 4.98 Å². The molecule has 4 heteroatoms. The maximum atomic E-state index is 5.82. The van der Waals surface area contributed by atoms with Crippen molar-refractivity contribution >= 4 is 5.69 Å². The highest BCUT2D eigenvalue weighted by atomic mass is 16.5. The molecule has 2 heterocycles. The second-order valence-corrected chi connectivity index (χ2v) is 5.09. The highest BCUT2D eigenvalue weighted by molar-refractivity contribution is 5.46. The molecule has 3 atom stereocenters. The molecule has 18 heavy (non-hydrogen) atoms. The topological polar surface area (TPSA) is 51.4 Å². The maximum absolute atomic E-state index is 5.82. The number of ether oxygens (including phenoxy) is 1. The summed E-state index contributed by atoms with van der Waals surface area (Å²) in [6.07, 6.45) is 3.29. The van der Waals surface area contributed by atoms with Gasteiger partial charge in [-0.1, -0.05) is 6.92 Å².